The first-order valence-corrected chi connectivity index (χ1v) is 8.89. The molecule has 0 spiro atoms. The number of ether oxygens (including phenoxy) is 4. The van der Waals surface area contributed by atoms with Crippen molar-refractivity contribution < 1.29 is 43.5 Å². The van der Waals surface area contributed by atoms with Gasteiger partial charge in [0.05, 0.1) is 12.9 Å². The van der Waals surface area contributed by atoms with Gasteiger partial charge in [0.2, 0.25) is 5.88 Å². The number of hydrogen-bond acceptors (Lipinski definition) is 11. The average Bonchev–Trinajstić information content (AvgIpc) is 3.22. The zero-order chi connectivity index (χ0) is 22.0. The molecule has 1 aliphatic rings. The molecular formula is C17H20N4O9. The SMILES string of the molecule is CC(=O)OC1C(OC(C)=O)[C@@H](COC(C)C(=O)O)O[C@H]1n1cnc2c(O)ncnc21. The first-order chi connectivity index (χ1) is 14.2. The Kier molecular flexibility index (Phi) is 6.12. The van der Waals surface area contributed by atoms with Crippen LogP contribution in [0.4, 0.5) is 0 Å². The second kappa shape index (κ2) is 8.59. The zero-order valence-electron chi connectivity index (χ0n) is 16.3. The monoisotopic (exact) mass is 424 g/mol. The van der Waals surface area contributed by atoms with Crippen LogP contribution in [0.25, 0.3) is 11.2 Å². The fourth-order valence-corrected chi connectivity index (χ4v) is 3.05. The smallest absolute Gasteiger partial charge is 0.332 e. The topological polar surface area (TPSA) is 172 Å². The Morgan fingerprint density at radius 1 is 1.17 bits per heavy atom. The number of hydrogen-bond donors (Lipinski definition) is 2. The van der Waals surface area contributed by atoms with Crippen molar-refractivity contribution in [3.63, 3.8) is 0 Å². The van der Waals surface area contributed by atoms with Gasteiger partial charge < -0.3 is 29.2 Å². The van der Waals surface area contributed by atoms with Crippen LogP contribution in [0.15, 0.2) is 12.7 Å². The summed E-state index contributed by atoms with van der Waals surface area (Å²) >= 11 is 0. The summed E-state index contributed by atoms with van der Waals surface area (Å²) in [6.07, 6.45) is -2.95. The molecule has 2 N–H and O–H groups in total. The van der Waals surface area contributed by atoms with E-state index in [0.29, 0.717) is 0 Å². The van der Waals surface area contributed by atoms with Crippen LogP contribution in [-0.2, 0) is 33.3 Å². The first kappa shape index (κ1) is 21.4. The number of aliphatic carboxylic acids is 1. The van der Waals surface area contributed by atoms with Gasteiger partial charge in [-0.15, -0.1) is 0 Å². The fraction of sp³-hybridized carbons (Fsp3) is 0.529. The van der Waals surface area contributed by atoms with Crippen molar-refractivity contribution in [3.05, 3.63) is 12.7 Å². The van der Waals surface area contributed by atoms with Gasteiger partial charge >= 0.3 is 17.9 Å². The average molecular weight is 424 g/mol. The number of nitrogens with zero attached hydrogens (tertiary/aromatic N) is 4. The molecule has 0 saturated carbocycles. The van der Waals surface area contributed by atoms with Gasteiger partial charge in [-0.2, -0.15) is 4.98 Å². The molecule has 2 aromatic rings. The summed E-state index contributed by atoms with van der Waals surface area (Å²) in [5.41, 5.74) is 0.276. The number of fused-ring (bicyclic) bond motifs is 1. The summed E-state index contributed by atoms with van der Waals surface area (Å²) in [5.74, 6) is -2.85. The van der Waals surface area contributed by atoms with Crippen molar-refractivity contribution in [1.29, 1.82) is 0 Å². The van der Waals surface area contributed by atoms with Crippen molar-refractivity contribution in [2.24, 2.45) is 0 Å². The number of carbonyl (C=O) groups excluding carboxylic acids is 2. The van der Waals surface area contributed by atoms with E-state index in [9.17, 15) is 19.5 Å². The summed E-state index contributed by atoms with van der Waals surface area (Å²) in [4.78, 5) is 46.1. The van der Waals surface area contributed by atoms with Crippen molar-refractivity contribution in [2.75, 3.05) is 6.61 Å². The van der Waals surface area contributed by atoms with Crippen LogP contribution in [0.1, 0.15) is 27.0 Å². The second-order valence-electron chi connectivity index (χ2n) is 6.55. The summed E-state index contributed by atoms with van der Waals surface area (Å²) in [6, 6.07) is 0. The minimum Gasteiger partial charge on any atom is -0.492 e. The maximum Gasteiger partial charge on any atom is 0.332 e. The number of aromatic nitrogens is 4. The van der Waals surface area contributed by atoms with Gasteiger partial charge in [0, 0.05) is 13.8 Å². The highest BCUT2D eigenvalue weighted by molar-refractivity contribution is 5.75. The summed E-state index contributed by atoms with van der Waals surface area (Å²) < 4.78 is 23.3. The van der Waals surface area contributed by atoms with Gasteiger partial charge in [-0.25, -0.2) is 14.8 Å². The molecule has 0 bridgehead atoms. The van der Waals surface area contributed by atoms with Crippen molar-refractivity contribution in [2.45, 2.75) is 51.4 Å². The van der Waals surface area contributed by atoms with Gasteiger partial charge in [0.1, 0.15) is 12.4 Å². The molecule has 0 amide bonds. The molecule has 3 unspecified atom stereocenters. The second-order valence-corrected chi connectivity index (χ2v) is 6.55. The summed E-state index contributed by atoms with van der Waals surface area (Å²) in [6.45, 7) is 3.43. The predicted molar refractivity (Wildman–Crippen MR) is 95.1 cm³/mol. The molecule has 162 valence electrons. The Bertz CT molecular complexity index is 962. The maximum absolute atomic E-state index is 11.7. The Morgan fingerprint density at radius 3 is 2.47 bits per heavy atom. The quantitative estimate of drug-likeness (QED) is 0.561. The van der Waals surface area contributed by atoms with Gasteiger partial charge in [-0.05, 0) is 6.92 Å². The molecule has 1 saturated heterocycles. The van der Waals surface area contributed by atoms with Crippen LogP contribution in [0.3, 0.4) is 0 Å². The lowest BCUT2D eigenvalue weighted by Gasteiger charge is -2.24. The van der Waals surface area contributed by atoms with Crippen LogP contribution >= 0.6 is 0 Å². The van der Waals surface area contributed by atoms with Crippen LogP contribution in [0.5, 0.6) is 5.88 Å². The van der Waals surface area contributed by atoms with E-state index < -0.39 is 48.6 Å². The number of carbonyl (C=O) groups is 3. The largest absolute Gasteiger partial charge is 0.492 e. The molecular weight excluding hydrogens is 404 g/mol. The van der Waals surface area contributed by atoms with Crippen LogP contribution in [0.2, 0.25) is 0 Å². The number of carboxylic acid groups (broad SMARTS) is 1. The minimum absolute atomic E-state index is 0.0888. The Labute approximate surface area is 169 Å². The normalized spacial score (nSPS) is 24.5. The van der Waals surface area contributed by atoms with Crippen LogP contribution in [0, 0.1) is 0 Å². The van der Waals surface area contributed by atoms with E-state index in [1.165, 1.54) is 31.7 Å². The number of imidazole rings is 1. The Balaban J connectivity index is 1.97. The van der Waals surface area contributed by atoms with Crippen LogP contribution < -0.4 is 0 Å². The van der Waals surface area contributed by atoms with Crippen LogP contribution in [-0.4, -0.2) is 78.7 Å². The molecule has 0 aromatic carbocycles. The van der Waals surface area contributed by atoms with Crippen molar-refractivity contribution >= 4 is 29.1 Å². The summed E-state index contributed by atoms with van der Waals surface area (Å²) in [7, 11) is 0. The molecule has 13 heteroatoms. The van der Waals surface area contributed by atoms with E-state index in [4.69, 9.17) is 24.1 Å². The van der Waals surface area contributed by atoms with E-state index in [2.05, 4.69) is 15.0 Å². The van der Waals surface area contributed by atoms with Gasteiger partial charge in [-0.3, -0.25) is 14.2 Å². The number of carboxylic acids is 1. The van der Waals surface area contributed by atoms with E-state index in [-0.39, 0.29) is 23.7 Å². The third kappa shape index (κ3) is 4.31. The molecule has 3 heterocycles. The van der Waals surface area contributed by atoms with Gasteiger partial charge in [0.25, 0.3) is 0 Å². The van der Waals surface area contributed by atoms with E-state index in [1.54, 1.807) is 0 Å². The number of aromatic hydroxyl groups is 1. The van der Waals surface area contributed by atoms with E-state index >= 15 is 0 Å². The van der Waals surface area contributed by atoms with Gasteiger partial charge in [0.15, 0.2) is 35.7 Å². The van der Waals surface area contributed by atoms with Gasteiger partial charge in [-0.1, -0.05) is 0 Å². The molecule has 0 radical (unpaired) electrons. The highest BCUT2D eigenvalue weighted by Gasteiger charge is 2.50. The zero-order valence-corrected chi connectivity index (χ0v) is 16.3. The fourth-order valence-electron chi connectivity index (χ4n) is 3.05. The maximum atomic E-state index is 11.7. The lowest BCUT2D eigenvalue weighted by molar-refractivity contribution is -0.166. The van der Waals surface area contributed by atoms with Crippen molar-refractivity contribution in [3.8, 4) is 5.88 Å². The minimum atomic E-state index is -1.18. The molecule has 30 heavy (non-hydrogen) atoms. The highest BCUT2D eigenvalue weighted by Crippen LogP contribution is 2.36. The van der Waals surface area contributed by atoms with E-state index in [1.807, 2.05) is 0 Å². The molecule has 1 aliphatic heterocycles. The molecule has 5 atom stereocenters. The molecule has 1 fully saturated rings. The summed E-state index contributed by atoms with van der Waals surface area (Å²) in [5, 5.41) is 18.9. The van der Waals surface area contributed by atoms with Crippen molar-refractivity contribution in [1.82, 2.24) is 19.5 Å². The standard InChI is InChI=1S/C17H20N4O9/c1-7(17(25)26)27-4-10-12(28-8(2)22)13(29-9(3)23)16(30-10)21-6-20-11-14(21)18-5-19-15(11)24/h5-7,10,12-13,16H,4H2,1-3H3,(H,25,26)(H,18,19,24)/t7?,10-,12?,13?,16-/m1/s1. The highest BCUT2D eigenvalue weighted by atomic mass is 16.7. The third-order valence-corrected chi connectivity index (χ3v) is 4.36. The lowest BCUT2D eigenvalue weighted by atomic mass is 10.1. The van der Waals surface area contributed by atoms with E-state index in [0.717, 1.165) is 6.33 Å². The lowest BCUT2D eigenvalue weighted by Crippen LogP contribution is -2.41. The third-order valence-electron chi connectivity index (χ3n) is 4.36. The number of esters is 2. The molecule has 13 nitrogen and oxygen atoms in total. The Morgan fingerprint density at radius 2 is 1.83 bits per heavy atom. The predicted octanol–water partition coefficient (Wildman–Crippen LogP) is -0.218. The molecule has 0 aliphatic carbocycles. The molecule has 2 aromatic heterocycles. The number of rotatable bonds is 7. The first-order valence-electron chi connectivity index (χ1n) is 8.89. The Hall–Kier alpha value is -3.32. The molecule has 3 rings (SSSR count).